The molecule has 1 fully saturated rings. The van der Waals surface area contributed by atoms with Crippen molar-refractivity contribution in [2.75, 3.05) is 20.1 Å². The van der Waals surface area contributed by atoms with Crippen molar-refractivity contribution in [3.05, 3.63) is 23.5 Å². The number of carbonyl (C=O) groups excluding carboxylic acids is 2. The highest BCUT2D eigenvalue weighted by Gasteiger charge is 2.33. The minimum absolute atomic E-state index is 0.00448. The Balaban J connectivity index is 1.99. The van der Waals surface area contributed by atoms with Crippen LogP contribution in [0.5, 0.6) is 0 Å². The van der Waals surface area contributed by atoms with E-state index in [0.717, 1.165) is 12.1 Å². The Labute approximate surface area is 138 Å². The zero-order chi connectivity index (χ0) is 17.4. The first-order valence-corrected chi connectivity index (χ1v) is 7.97. The number of aryl methyl sites for hydroxylation is 1. The molecule has 0 unspecified atom stereocenters. The highest BCUT2D eigenvalue weighted by molar-refractivity contribution is 5.93. The van der Waals surface area contributed by atoms with Crippen molar-refractivity contribution < 1.29 is 14.3 Å². The van der Waals surface area contributed by atoms with Gasteiger partial charge in [0.15, 0.2) is 0 Å². The third-order valence-corrected chi connectivity index (χ3v) is 4.27. The first-order valence-electron chi connectivity index (χ1n) is 7.97. The molecular weight excluding hydrogens is 294 g/mol. The van der Waals surface area contributed by atoms with E-state index in [2.05, 4.69) is 0 Å². The van der Waals surface area contributed by atoms with E-state index < -0.39 is 5.60 Å². The van der Waals surface area contributed by atoms with Crippen molar-refractivity contribution in [2.45, 2.75) is 45.8 Å². The van der Waals surface area contributed by atoms with Gasteiger partial charge in [0.05, 0.1) is 6.04 Å². The first kappa shape index (κ1) is 17.4. The molecule has 0 radical (unpaired) electrons. The third-order valence-electron chi connectivity index (χ3n) is 4.27. The van der Waals surface area contributed by atoms with Gasteiger partial charge in [-0.05, 0) is 46.2 Å². The molecule has 2 heterocycles. The summed E-state index contributed by atoms with van der Waals surface area (Å²) in [6.07, 6.45) is 0.428. The zero-order valence-corrected chi connectivity index (χ0v) is 14.9. The van der Waals surface area contributed by atoms with E-state index >= 15 is 0 Å². The van der Waals surface area contributed by atoms with Crippen LogP contribution in [0, 0.1) is 6.92 Å². The second-order valence-corrected chi connectivity index (χ2v) is 7.20. The summed E-state index contributed by atoms with van der Waals surface area (Å²) in [7, 11) is 3.63. The summed E-state index contributed by atoms with van der Waals surface area (Å²) < 4.78 is 7.29. The van der Waals surface area contributed by atoms with Crippen LogP contribution in [0.4, 0.5) is 4.79 Å². The highest BCUT2D eigenvalue weighted by atomic mass is 16.6. The van der Waals surface area contributed by atoms with Gasteiger partial charge in [-0.3, -0.25) is 4.79 Å². The summed E-state index contributed by atoms with van der Waals surface area (Å²) in [6, 6.07) is 3.78. The minimum atomic E-state index is -0.514. The smallest absolute Gasteiger partial charge is 0.410 e. The Bertz CT molecular complexity index is 601. The summed E-state index contributed by atoms with van der Waals surface area (Å²) in [5.74, 6) is 0.0145. The average molecular weight is 321 g/mol. The van der Waals surface area contributed by atoms with Crippen molar-refractivity contribution in [1.82, 2.24) is 14.4 Å². The molecule has 0 saturated carbocycles. The van der Waals surface area contributed by atoms with Crippen LogP contribution in [0.1, 0.15) is 43.4 Å². The second-order valence-electron chi connectivity index (χ2n) is 7.20. The zero-order valence-electron chi connectivity index (χ0n) is 14.9. The van der Waals surface area contributed by atoms with Gasteiger partial charge >= 0.3 is 6.09 Å². The van der Waals surface area contributed by atoms with E-state index in [4.69, 9.17) is 4.74 Å². The summed E-state index contributed by atoms with van der Waals surface area (Å²) in [4.78, 5) is 28.2. The van der Waals surface area contributed by atoms with Crippen LogP contribution < -0.4 is 0 Å². The number of likely N-dealkylation sites (N-methyl/N-ethyl adjacent to an activating group) is 1. The number of carbonyl (C=O) groups is 2. The Kier molecular flexibility index (Phi) is 4.73. The quantitative estimate of drug-likeness (QED) is 0.840. The van der Waals surface area contributed by atoms with E-state index in [-0.39, 0.29) is 18.0 Å². The maximum absolute atomic E-state index is 12.6. The SMILES string of the molecule is Cc1ccc(C(=O)N2CC[C@H](N(C)C(=O)OC(C)(C)C)C2)n1C. The lowest BCUT2D eigenvalue weighted by atomic mass is 10.2. The van der Waals surface area contributed by atoms with Gasteiger partial charge in [-0.25, -0.2) is 4.79 Å². The molecule has 1 aliphatic rings. The Morgan fingerprint density at radius 1 is 1.30 bits per heavy atom. The molecule has 1 aromatic rings. The van der Waals surface area contributed by atoms with Gasteiger partial charge < -0.3 is 19.1 Å². The first-order chi connectivity index (χ1) is 10.6. The molecule has 6 nitrogen and oxygen atoms in total. The van der Waals surface area contributed by atoms with E-state index in [1.165, 1.54) is 0 Å². The predicted octanol–water partition coefficient (Wildman–Crippen LogP) is 2.41. The van der Waals surface area contributed by atoms with Crippen LogP contribution in [0.25, 0.3) is 0 Å². The number of likely N-dealkylation sites (tertiary alicyclic amines) is 1. The van der Waals surface area contributed by atoms with Crippen molar-refractivity contribution in [3.8, 4) is 0 Å². The molecule has 6 heteroatoms. The van der Waals surface area contributed by atoms with Gasteiger partial charge in [0.25, 0.3) is 5.91 Å². The van der Waals surface area contributed by atoms with Gasteiger partial charge in [-0.1, -0.05) is 0 Å². The molecular formula is C17H27N3O3. The number of hydrogen-bond donors (Lipinski definition) is 0. The molecule has 2 amide bonds. The maximum atomic E-state index is 12.6. The molecule has 0 aliphatic carbocycles. The monoisotopic (exact) mass is 321 g/mol. The van der Waals surface area contributed by atoms with Gasteiger partial charge in [0.2, 0.25) is 0 Å². The Hall–Kier alpha value is -1.98. The molecule has 128 valence electrons. The van der Waals surface area contributed by atoms with Crippen LogP contribution in [0.2, 0.25) is 0 Å². The molecule has 0 spiro atoms. The lowest BCUT2D eigenvalue weighted by Gasteiger charge is -2.28. The molecule has 0 aromatic carbocycles. The van der Waals surface area contributed by atoms with Crippen molar-refractivity contribution in [2.24, 2.45) is 7.05 Å². The molecule has 1 aliphatic heterocycles. The van der Waals surface area contributed by atoms with Crippen LogP contribution >= 0.6 is 0 Å². The molecule has 2 rings (SSSR count). The minimum Gasteiger partial charge on any atom is -0.444 e. The number of amides is 2. The molecule has 23 heavy (non-hydrogen) atoms. The normalized spacial score (nSPS) is 18.2. The topological polar surface area (TPSA) is 54.8 Å². The maximum Gasteiger partial charge on any atom is 0.410 e. The highest BCUT2D eigenvalue weighted by Crippen LogP contribution is 2.20. The Morgan fingerprint density at radius 3 is 2.48 bits per heavy atom. The van der Waals surface area contributed by atoms with Crippen LogP contribution in [-0.4, -0.2) is 58.1 Å². The number of rotatable bonds is 2. The molecule has 1 aromatic heterocycles. The lowest BCUT2D eigenvalue weighted by molar-refractivity contribution is 0.0226. The number of ether oxygens (including phenoxy) is 1. The van der Waals surface area contributed by atoms with Crippen LogP contribution in [-0.2, 0) is 11.8 Å². The van der Waals surface area contributed by atoms with Crippen LogP contribution in [0.15, 0.2) is 12.1 Å². The van der Waals surface area contributed by atoms with Gasteiger partial charge in [0.1, 0.15) is 11.3 Å². The standard InChI is InChI=1S/C17H27N3O3/c1-12-7-8-14(18(12)5)15(21)20-10-9-13(11-20)19(6)16(22)23-17(2,3)4/h7-8,13H,9-11H2,1-6H3/t13-/m0/s1. The summed E-state index contributed by atoms with van der Waals surface area (Å²) in [5, 5.41) is 0. The van der Waals surface area contributed by atoms with Crippen molar-refractivity contribution >= 4 is 12.0 Å². The fourth-order valence-electron chi connectivity index (χ4n) is 2.72. The predicted molar refractivity (Wildman–Crippen MR) is 88.5 cm³/mol. The van der Waals surface area contributed by atoms with E-state index in [1.807, 2.05) is 51.4 Å². The lowest BCUT2D eigenvalue weighted by Crippen LogP contribution is -2.42. The number of aromatic nitrogens is 1. The largest absolute Gasteiger partial charge is 0.444 e. The fourth-order valence-corrected chi connectivity index (χ4v) is 2.72. The van der Waals surface area contributed by atoms with Crippen molar-refractivity contribution in [3.63, 3.8) is 0 Å². The van der Waals surface area contributed by atoms with Crippen LogP contribution in [0.3, 0.4) is 0 Å². The number of nitrogens with zero attached hydrogens (tertiary/aromatic N) is 3. The average Bonchev–Trinajstić information content (AvgIpc) is 3.04. The number of hydrogen-bond acceptors (Lipinski definition) is 3. The summed E-state index contributed by atoms with van der Waals surface area (Å²) in [5.41, 5.74) is 1.22. The molecule has 1 saturated heterocycles. The van der Waals surface area contributed by atoms with Gasteiger partial charge in [-0.15, -0.1) is 0 Å². The molecule has 1 atom stereocenters. The van der Waals surface area contributed by atoms with E-state index in [0.29, 0.717) is 18.8 Å². The Morgan fingerprint density at radius 2 is 1.96 bits per heavy atom. The van der Waals surface area contributed by atoms with E-state index in [1.54, 1.807) is 16.8 Å². The third kappa shape index (κ3) is 3.86. The summed E-state index contributed by atoms with van der Waals surface area (Å²) in [6.45, 7) is 8.71. The van der Waals surface area contributed by atoms with Crippen molar-refractivity contribution in [1.29, 1.82) is 0 Å². The van der Waals surface area contributed by atoms with Gasteiger partial charge in [0, 0.05) is 32.9 Å². The fraction of sp³-hybridized carbons (Fsp3) is 0.647. The molecule has 0 N–H and O–H groups in total. The summed E-state index contributed by atoms with van der Waals surface area (Å²) >= 11 is 0. The van der Waals surface area contributed by atoms with E-state index in [9.17, 15) is 9.59 Å². The molecule has 0 bridgehead atoms. The second kappa shape index (κ2) is 6.26. The van der Waals surface area contributed by atoms with Gasteiger partial charge in [-0.2, -0.15) is 0 Å².